The highest BCUT2D eigenvalue weighted by Gasteiger charge is 2.13. The molecule has 0 unspecified atom stereocenters. The molecule has 4 heteroatoms. The highest BCUT2D eigenvalue weighted by atomic mass is 35.5. The molecule has 0 atom stereocenters. The fraction of sp³-hybridized carbons (Fsp3) is 0. The first kappa shape index (κ1) is 15.3. The number of halogens is 2. The van der Waals surface area contributed by atoms with Gasteiger partial charge in [0.15, 0.2) is 5.78 Å². The number of benzene rings is 3. The summed E-state index contributed by atoms with van der Waals surface area (Å²) in [4.78, 5) is 12.4. The molecular formula is C19H12ClFO2. The van der Waals surface area contributed by atoms with Gasteiger partial charge < -0.3 is 4.74 Å². The molecule has 114 valence electrons. The SMILES string of the molecule is O=C(c1ccc(Oc2ccccc2)cc1)c1ccc(F)cc1Cl. The van der Waals surface area contributed by atoms with E-state index in [1.807, 2.05) is 30.3 Å². The molecule has 0 fully saturated rings. The van der Waals surface area contributed by atoms with Crippen LogP contribution in [0.5, 0.6) is 11.5 Å². The molecule has 0 bridgehead atoms. The Morgan fingerprint density at radius 1 is 0.870 bits per heavy atom. The minimum atomic E-state index is -0.474. The molecule has 0 spiro atoms. The number of ether oxygens (including phenoxy) is 1. The number of para-hydroxylation sites is 1. The highest BCUT2D eigenvalue weighted by molar-refractivity contribution is 6.35. The molecule has 0 heterocycles. The normalized spacial score (nSPS) is 10.3. The molecule has 3 aromatic rings. The lowest BCUT2D eigenvalue weighted by Gasteiger charge is -2.07. The standard InChI is InChI=1S/C19H12ClFO2/c20-18-12-14(21)8-11-17(18)19(22)13-6-9-16(10-7-13)23-15-4-2-1-3-5-15/h1-12H. The zero-order valence-corrected chi connectivity index (χ0v) is 12.8. The number of rotatable bonds is 4. The van der Waals surface area contributed by atoms with Gasteiger partial charge in [0.2, 0.25) is 0 Å². The summed E-state index contributed by atoms with van der Waals surface area (Å²) in [7, 11) is 0. The fourth-order valence-corrected chi connectivity index (χ4v) is 2.38. The van der Waals surface area contributed by atoms with E-state index < -0.39 is 5.82 Å². The van der Waals surface area contributed by atoms with Gasteiger partial charge in [0, 0.05) is 11.1 Å². The van der Waals surface area contributed by atoms with Crippen LogP contribution in [0.15, 0.2) is 72.8 Å². The van der Waals surface area contributed by atoms with Crippen molar-refractivity contribution in [1.82, 2.24) is 0 Å². The molecule has 0 saturated heterocycles. The lowest BCUT2D eigenvalue weighted by molar-refractivity contribution is 0.103. The monoisotopic (exact) mass is 326 g/mol. The van der Waals surface area contributed by atoms with Crippen LogP contribution in [0.25, 0.3) is 0 Å². The predicted molar refractivity (Wildman–Crippen MR) is 87.8 cm³/mol. The number of carbonyl (C=O) groups is 1. The van der Waals surface area contributed by atoms with E-state index in [9.17, 15) is 9.18 Å². The summed E-state index contributed by atoms with van der Waals surface area (Å²) in [5, 5.41) is 0.0969. The molecule has 0 radical (unpaired) electrons. The Morgan fingerprint density at radius 3 is 2.17 bits per heavy atom. The first-order valence-corrected chi connectivity index (χ1v) is 7.34. The van der Waals surface area contributed by atoms with Crippen LogP contribution in [-0.4, -0.2) is 5.78 Å². The van der Waals surface area contributed by atoms with Gasteiger partial charge in [-0.05, 0) is 54.6 Å². The van der Waals surface area contributed by atoms with Crippen LogP contribution in [0.4, 0.5) is 4.39 Å². The van der Waals surface area contributed by atoms with Gasteiger partial charge in [0.25, 0.3) is 0 Å². The van der Waals surface area contributed by atoms with Crippen LogP contribution in [0, 0.1) is 5.82 Å². The zero-order chi connectivity index (χ0) is 16.2. The maximum absolute atomic E-state index is 13.1. The molecule has 0 aliphatic rings. The summed E-state index contributed by atoms with van der Waals surface area (Å²) in [6.07, 6.45) is 0. The van der Waals surface area contributed by atoms with Crippen LogP contribution in [0.1, 0.15) is 15.9 Å². The number of hydrogen-bond donors (Lipinski definition) is 0. The summed E-state index contributed by atoms with van der Waals surface area (Å²) in [5.41, 5.74) is 0.726. The van der Waals surface area contributed by atoms with Crippen molar-refractivity contribution < 1.29 is 13.9 Å². The van der Waals surface area contributed by atoms with Crippen molar-refractivity contribution in [2.24, 2.45) is 0 Å². The van der Waals surface area contributed by atoms with E-state index >= 15 is 0 Å². The third-order valence-corrected chi connectivity index (χ3v) is 3.58. The van der Waals surface area contributed by atoms with Gasteiger partial charge in [-0.3, -0.25) is 4.79 Å². The van der Waals surface area contributed by atoms with Gasteiger partial charge in [-0.1, -0.05) is 29.8 Å². The Labute approximate surface area is 138 Å². The van der Waals surface area contributed by atoms with Crippen LogP contribution < -0.4 is 4.74 Å². The molecule has 0 aliphatic carbocycles. The molecular weight excluding hydrogens is 315 g/mol. The molecule has 2 nitrogen and oxygen atoms in total. The highest BCUT2D eigenvalue weighted by Crippen LogP contribution is 2.24. The summed E-state index contributed by atoms with van der Waals surface area (Å²) < 4.78 is 18.7. The minimum Gasteiger partial charge on any atom is -0.457 e. The van der Waals surface area contributed by atoms with Crippen LogP contribution >= 0.6 is 11.6 Å². The van der Waals surface area contributed by atoms with Gasteiger partial charge in [-0.25, -0.2) is 4.39 Å². The molecule has 0 amide bonds. The average molecular weight is 327 g/mol. The third kappa shape index (κ3) is 3.58. The Kier molecular flexibility index (Phi) is 4.40. The lowest BCUT2D eigenvalue weighted by Crippen LogP contribution is -2.02. The Bertz CT molecular complexity index is 830. The largest absolute Gasteiger partial charge is 0.457 e. The second-order valence-corrected chi connectivity index (χ2v) is 5.30. The van der Waals surface area contributed by atoms with Crippen molar-refractivity contribution >= 4 is 17.4 Å². The molecule has 0 aliphatic heterocycles. The van der Waals surface area contributed by atoms with Crippen LogP contribution in [-0.2, 0) is 0 Å². The molecule has 0 N–H and O–H groups in total. The summed E-state index contributed by atoms with van der Waals surface area (Å²) in [5.74, 6) is 0.602. The molecule has 3 rings (SSSR count). The average Bonchev–Trinajstić information content (AvgIpc) is 2.56. The van der Waals surface area contributed by atoms with Gasteiger partial charge in [0.1, 0.15) is 17.3 Å². The van der Waals surface area contributed by atoms with Gasteiger partial charge in [0.05, 0.1) is 5.02 Å². The second kappa shape index (κ2) is 6.63. The Balaban J connectivity index is 1.80. The van der Waals surface area contributed by atoms with Crippen molar-refractivity contribution in [2.45, 2.75) is 0 Å². The number of ketones is 1. The minimum absolute atomic E-state index is 0.0969. The predicted octanol–water partition coefficient (Wildman–Crippen LogP) is 5.50. The van der Waals surface area contributed by atoms with Crippen molar-refractivity contribution in [2.75, 3.05) is 0 Å². The Hall–Kier alpha value is -2.65. The van der Waals surface area contributed by atoms with Crippen LogP contribution in [0.2, 0.25) is 5.02 Å². The van der Waals surface area contributed by atoms with E-state index in [4.69, 9.17) is 16.3 Å². The second-order valence-electron chi connectivity index (χ2n) is 4.89. The first-order valence-electron chi connectivity index (χ1n) is 6.96. The summed E-state index contributed by atoms with van der Waals surface area (Å²) in [6.45, 7) is 0. The number of hydrogen-bond acceptors (Lipinski definition) is 2. The van der Waals surface area contributed by atoms with Gasteiger partial charge >= 0.3 is 0 Å². The molecule has 0 aromatic heterocycles. The summed E-state index contributed by atoms with van der Waals surface area (Å²) in [6, 6.07) is 19.8. The van der Waals surface area contributed by atoms with E-state index in [2.05, 4.69) is 0 Å². The maximum Gasteiger partial charge on any atom is 0.194 e. The van der Waals surface area contributed by atoms with Crippen molar-refractivity contribution in [3.8, 4) is 11.5 Å². The fourth-order valence-electron chi connectivity index (χ4n) is 2.13. The molecule has 0 saturated carbocycles. The van der Waals surface area contributed by atoms with Crippen molar-refractivity contribution in [3.05, 3.63) is 94.8 Å². The summed E-state index contributed by atoms with van der Waals surface area (Å²) >= 11 is 5.93. The van der Waals surface area contributed by atoms with Crippen molar-refractivity contribution in [3.63, 3.8) is 0 Å². The zero-order valence-electron chi connectivity index (χ0n) is 12.0. The lowest BCUT2D eigenvalue weighted by atomic mass is 10.0. The van der Waals surface area contributed by atoms with E-state index in [0.717, 1.165) is 6.07 Å². The topological polar surface area (TPSA) is 26.3 Å². The maximum atomic E-state index is 13.1. The first-order chi connectivity index (χ1) is 11.1. The van der Waals surface area contributed by atoms with E-state index in [0.29, 0.717) is 17.1 Å². The number of carbonyl (C=O) groups excluding carboxylic acids is 1. The third-order valence-electron chi connectivity index (χ3n) is 3.27. The molecule has 23 heavy (non-hydrogen) atoms. The quantitative estimate of drug-likeness (QED) is 0.591. The Morgan fingerprint density at radius 2 is 1.52 bits per heavy atom. The van der Waals surface area contributed by atoms with Crippen LogP contribution in [0.3, 0.4) is 0 Å². The van der Waals surface area contributed by atoms with E-state index in [-0.39, 0.29) is 16.4 Å². The van der Waals surface area contributed by atoms with E-state index in [1.54, 1.807) is 24.3 Å². The van der Waals surface area contributed by atoms with Gasteiger partial charge in [-0.15, -0.1) is 0 Å². The molecule has 3 aromatic carbocycles. The van der Waals surface area contributed by atoms with E-state index in [1.165, 1.54) is 12.1 Å². The van der Waals surface area contributed by atoms with Crippen molar-refractivity contribution in [1.29, 1.82) is 0 Å². The van der Waals surface area contributed by atoms with Gasteiger partial charge in [-0.2, -0.15) is 0 Å². The smallest absolute Gasteiger partial charge is 0.194 e.